The summed E-state index contributed by atoms with van der Waals surface area (Å²) in [4.78, 5) is 70.9. The normalized spacial score (nSPS) is 22.6. The van der Waals surface area contributed by atoms with E-state index < -0.39 is 29.5 Å². The van der Waals surface area contributed by atoms with E-state index >= 15 is 0 Å². The molecule has 300 valence electrons. The lowest BCUT2D eigenvalue weighted by Gasteiger charge is -2.62. The van der Waals surface area contributed by atoms with Crippen molar-refractivity contribution in [3.8, 4) is 10.4 Å². The van der Waals surface area contributed by atoms with E-state index in [0.29, 0.717) is 17.0 Å². The minimum absolute atomic E-state index is 0.0278. The lowest BCUT2D eigenvalue weighted by atomic mass is 9.60. The number of anilines is 1. The van der Waals surface area contributed by atoms with Gasteiger partial charge in [0.25, 0.3) is 0 Å². The van der Waals surface area contributed by atoms with Crippen LogP contribution in [0.2, 0.25) is 0 Å². The van der Waals surface area contributed by atoms with Crippen LogP contribution in [0.1, 0.15) is 74.6 Å². The van der Waals surface area contributed by atoms with E-state index in [4.69, 9.17) is 5.73 Å². The molecule has 4 aliphatic rings. The highest BCUT2D eigenvalue weighted by molar-refractivity contribution is 7.13. The van der Waals surface area contributed by atoms with Gasteiger partial charge < -0.3 is 31.3 Å². The first kappa shape index (κ1) is 39.8. The summed E-state index contributed by atoms with van der Waals surface area (Å²) in [5, 5.41) is 16.7. The number of pyridine rings is 1. The van der Waals surface area contributed by atoms with Crippen molar-refractivity contribution in [1.82, 2.24) is 35.3 Å². The molecule has 5 heterocycles. The molecular formula is C41H55N9O5S. The molecule has 5 N–H and O–H groups in total. The number of aliphatic hydroxyl groups is 1. The molecule has 0 unspecified atom stereocenters. The number of nitrogens with two attached hydrogens (primary N) is 1. The molecule has 1 aliphatic carbocycles. The number of β-amino-alcohol motifs (C(OH)–C–C–N with tert-alkyl or cyclic N) is 1. The van der Waals surface area contributed by atoms with Crippen molar-refractivity contribution in [3.05, 3.63) is 64.9 Å². The maximum absolute atomic E-state index is 14.2. The summed E-state index contributed by atoms with van der Waals surface area (Å²) in [5.41, 5.74) is 10.2. The Balaban J connectivity index is 0.877. The average Bonchev–Trinajstić information content (AvgIpc) is 3.74. The number of nitrogens with zero attached hydrogens (tertiary/aromatic N) is 6. The Morgan fingerprint density at radius 3 is 2.29 bits per heavy atom. The van der Waals surface area contributed by atoms with Crippen LogP contribution in [-0.4, -0.2) is 130 Å². The monoisotopic (exact) mass is 785 g/mol. The molecule has 3 aliphatic heterocycles. The van der Waals surface area contributed by atoms with Crippen molar-refractivity contribution in [1.29, 1.82) is 0 Å². The summed E-state index contributed by atoms with van der Waals surface area (Å²) in [7, 11) is 0. The zero-order chi connectivity index (χ0) is 39.9. The van der Waals surface area contributed by atoms with E-state index in [0.717, 1.165) is 79.6 Å². The SMILES string of the molecule is Cc1ncsc1-c1ccc([C@H](C)NC(=O)[C@@H]2C[C@@H](O)CN2C(=O)[C@@H](NC(=O)CN2CCN(C3CC4(C3)CN(c3ccc(C(N)=O)cn3)C4)CC2)C(C)(C)C)cc1. The number of carbonyl (C=O) groups is 4. The predicted molar refractivity (Wildman–Crippen MR) is 215 cm³/mol. The lowest BCUT2D eigenvalue weighted by molar-refractivity contribution is -0.144. The van der Waals surface area contributed by atoms with Gasteiger partial charge in [-0.2, -0.15) is 0 Å². The number of hydrogen-bond acceptors (Lipinski definition) is 11. The van der Waals surface area contributed by atoms with Crippen molar-refractivity contribution < 1.29 is 24.3 Å². The third-order valence-corrected chi connectivity index (χ3v) is 13.1. The Morgan fingerprint density at radius 2 is 1.70 bits per heavy atom. The van der Waals surface area contributed by atoms with Gasteiger partial charge >= 0.3 is 0 Å². The van der Waals surface area contributed by atoms with Crippen LogP contribution < -0.4 is 21.3 Å². The fourth-order valence-corrected chi connectivity index (χ4v) is 9.62. The van der Waals surface area contributed by atoms with Crippen molar-refractivity contribution in [3.63, 3.8) is 0 Å². The molecule has 1 spiro atoms. The average molecular weight is 786 g/mol. The number of thiazole rings is 1. The molecular weight excluding hydrogens is 731 g/mol. The number of rotatable bonds is 11. The van der Waals surface area contributed by atoms with Crippen molar-refractivity contribution >= 4 is 40.8 Å². The maximum atomic E-state index is 14.2. The van der Waals surface area contributed by atoms with E-state index in [2.05, 4.69) is 35.3 Å². The maximum Gasteiger partial charge on any atom is 0.250 e. The first-order valence-corrected chi connectivity index (χ1v) is 20.5. The summed E-state index contributed by atoms with van der Waals surface area (Å²) < 4.78 is 0. The fourth-order valence-electron chi connectivity index (χ4n) is 8.81. The summed E-state index contributed by atoms with van der Waals surface area (Å²) in [6.07, 6.45) is 3.11. The number of aromatic nitrogens is 2. The summed E-state index contributed by atoms with van der Waals surface area (Å²) in [6, 6.07) is 10.1. The largest absolute Gasteiger partial charge is 0.391 e. The molecule has 4 amide bonds. The first-order valence-electron chi connectivity index (χ1n) is 19.6. The highest BCUT2D eigenvalue weighted by atomic mass is 32.1. The molecule has 15 heteroatoms. The number of carbonyl (C=O) groups excluding carboxylic acids is 4. The van der Waals surface area contributed by atoms with Gasteiger partial charge in [-0.25, -0.2) is 9.97 Å². The van der Waals surface area contributed by atoms with E-state index in [1.54, 1.807) is 17.4 Å². The van der Waals surface area contributed by atoms with Crippen molar-refractivity contribution in [2.75, 3.05) is 57.3 Å². The standard InChI is InChI=1S/C41H55N9O5S/c1-25(27-6-8-28(9-7-27)35-26(2)44-24-56-35)45-38(54)32-16-31(51)20-50(32)39(55)36(40(3,4)5)46-34(52)21-47-12-14-48(15-13-47)30-17-41(18-30)22-49(23-41)33-11-10-29(19-43-33)37(42)53/h6-11,19,24-25,30-32,36,51H,12-18,20-23H2,1-5H3,(H2,42,53)(H,45,54)(H,46,52)/t25-,31+,32-,36+/m0/s1. The number of amides is 4. The van der Waals surface area contributed by atoms with E-state index in [9.17, 15) is 24.3 Å². The van der Waals surface area contributed by atoms with Gasteiger partial charge in [-0.15, -0.1) is 11.3 Å². The zero-order valence-electron chi connectivity index (χ0n) is 33.0. The minimum atomic E-state index is -0.874. The second-order valence-corrected chi connectivity index (χ2v) is 18.2. The smallest absolute Gasteiger partial charge is 0.250 e. The van der Waals surface area contributed by atoms with Crippen LogP contribution in [0.15, 0.2) is 48.1 Å². The number of benzene rings is 1. The van der Waals surface area contributed by atoms with E-state index in [1.165, 1.54) is 11.1 Å². The van der Waals surface area contributed by atoms with Gasteiger partial charge in [0.2, 0.25) is 23.6 Å². The number of nitrogens with one attached hydrogen (secondary N) is 2. The van der Waals surface area contributed by atoms with Crippen LogP contribution in [0.5, 0.6) is 0 Å². The van der Waals surface area contributed by atoms with Crippen LogP contribution >= 0.6 is 11.3 Å². The fraction of sp³-hybridized carbons (Fsp3) is 0.561. The number of aliphatic hydroxyl groups excluding tert-OH is 1. The zero-order valence-corrected chi connectivity index (χ0v) is 33.8. The molecule has 56 heavy (non-hydrogen) atoms. The number of aryl methyl sites for hydroxylation is 1. The molecule has 4 fully saturated rings. The molecule has 2 aromatic heterocycles. The van der Waals surface area contributed by atoms with Gasteiger partial charge in [-0.05, 0) is 55.4 Å². The quantitative estimate of drug-likeness (QED) is 0.226. The Kier molecular flexibility index (Phi) is 11.2. The first-order chi connectivity index (χ1) is 26.6. The molecule has 0 bridgehead atoms. The third-order valence-electron chi connectivity index (χ3n) is 12.1. The van der Waals surface area contributed by atoms with Gasteiger partial charge in [0.15, 0.2) is 0 Å². The number of piperazine rings is 1. The van der Waals surface area contributed by atoms with Crippen molar-refractivity contribution in [2.24, 2.45) is 16.6 Å². The van der Waals surface area contributed by atoms with Gasteiger partial charge in [-0.1, -0.05) is 45.0 Å². The van der Waals surface area contributed by atoms with E-state index in [1.807, 2.05) is 70.5 Å². The van der Waals surface area contributed by atoms with Gasteiger partial charge in [0, 0.05) is 69.9 Å². The van der Waals surface area contributed by atoms with Crippen LogP contribution in [-0.2, 0) is 14.4 Å². The van der Waals surface area contributed by atoms with Gasteiger partial charge in [0.05, 0.1) is 40.3 Å². The molecule has 7 rings (SSSR count). The van der Waals surface area contributed by atoms with Crippen LogP contribution in [0.25, 0.3) is 10.4 Å². The van der Waals surface area contributed by atoms with Crippen molar-refractivity contribution in [2.45, 2.75) is 84.2 Å². The molecule has 3 aromatic rings. The molecule has 1 aromatic carbocycles. The number of hydrogen-bond donors (Lipinski definition) is 4. The lowest BCUT2D eigenvalue weighted by Crippen LogP contribution is -2.68. The summed E-state index contributed by atoms with van der Waals surface area (Å²) in [5.74, 6) is -0.523. The molecule has 3 saturated heterocycles. The molecule has 1 saturated carbocycles. The van der Waals surface area contributed by atoms with Crippen LogP contribution in [0.4, 0.5) is 5.82 Å². The Labute approximate surface area is 332 Å². The minimum Gasteiger partial charge on any atom is -0.391 e. The summed E-state index contributed by atoms with van der Waals surface area (Å²) >= 11 is 1.59. The second-order valence-electron chi connectivity index (χ2n) is 17.4. The Morgan fingerprint density at radius 1 is 1.00 bits per heavy atom. The predicted octanol–water partition coefficient (Wildman–Crippen LogP) is 2.57. The van der Waals surface area contributed by atoms with Crippen LogP contribution in [0.3, 0.4) is 0 Å². The molecule has 4 atom stereocenters. The topological polar surface area (TPSA) is 177 Å². The molecule has 14 nitrogen and oxygen atoms in total. The highest BCUT2D eigenvalue weighted by Crippen LogP contribution is 2.51. The van der Waals surface area contributed by atoms with E-state index in [-0.39, 0.29) is 43.3 Å². The molecule has 0 radical (unpaired) electrons. The second kappa shape index (κ2) is 15.8. The Hall–Kier alpha value is -4.44. The van der Waals surface area contributed by atoms with Crippen LogP contribution in [0, 0.1) is 17.8 Å². The summed E-state index contributed by atoms with van der Waals surface area (Å²) in [6.45, 7) is 15.0. The Bertz CT molecular complexity index is 1910. The van der Waals surface area contributed by atoms with Gasteiger partial charge in [0.1, 0.15) is 17.9 Å². The number of primary amides is 1. The number of likely N-dealkylation sites (tertiary alicyclic amines) is 1. The third kappa shape index (κ3) is 8.46. The van der Waals surface area contributed by atoms with Gasteiger partial charge in [-0.3, -0.25) is 29.0 Å². The highest BCUT2D eigenvalue weighted by Gasteiger charge is 2.54.